The lowest BCUT2D eigenvalue weighted by atomic mass is 9.82. The summed E-state index contributed by atoms with van der Waals surface area (Å²) in [5, 5.41) is 12.8. The fourth-order valence-corrected chi connectivity index (χ4v) is 10.4. The molecule has 0 amide bonds. The molecule has 0 aromatic heterocycles. The summed E-state index contributed by atoms with van der Waals surface area (Å²) < 4.78 is 0. The van der Waals surface area contributed by atoms with Crippen molar-refractivity contribution in [3.05, 3.63) is 193 Å². The second-order valence-corrected chi connectivity index (χ2v) is 16.2. The van der Waals surface area contributed by atoms with E-state index in [-0.39, 0.29) is 0 Å². The topological polar surface area (TPSA) is 6.48 Å². The van der Waals surface area contributed by atoms with Gasteiger partial charge in [-0.15, -0.1) is 0 Å². The quantitative estimate of drug-likeness (QED) is 0.131. The molecule has 2 heteroatoms. The van der Waals surface area contributed by atoms with Crippen molar-refractivity contribution in [3.63, 3.8) is 0 Å². The maximum Gasteiger partial charge on any atom is 0.0443 e. The Balaban J connectivity index is 1.24. The van der Waals surface area contributed by atoms with Crippen LogP contribution in [0.1, 0.15) is 24.0 Å². The molecule has 0 radical (unpaired) electrons. The zero-order valence-electron chi connectivity index (χ0n) is 32.5. The van der Waals surface area contributed by atoms with Crippen LogP contribution >= 0.6 is 0 Å². The van der Waals surface area contributed by atoms with Crippen LogP contribution in [0.5, 0.6) is 0 Å². The molecule has 0 spiro atoms. The van der Waals surface area contributed by atoms with Crippen molar-refractivity contribution in [2.24, 2.45) is 0 Å². The summed E-state index contributed by atoms with van der Waals surface area (Å²) in [5.74, 6) is 0. The number of para-hydroxylation sites is 2. The van der Waals surface area contributed by atoms with E-state index in [1.54, 1.807) is 0 Å². The van der Waals surface area contributed by atoms with Crippen molar-refractivity contribution in [3.8, 4) is 22.3 Å². The van der Waals surface area contributed by atoms with Crippen LogP contribution in [0, 0.1) is 0 Å². The van der Waals surface area contributed by atoms with Crippen molar-refractivity contribution in [1.82, 2.24) is 0 Å². The third kappa shape index (κ3) is 5.18. The average Bonchev–Trinajstić information content (AvgIpc) is 3.30. The zero-order valence-corrected chi connectivity index (χ0v) is 32.5. The Bertz CT molecular complexity index is 3260. The van der Waals surface area contributed by atoms with E-state index in [0.29, 0.717) is 0 Å². The third-order valence-corrected chi connectivity index (χ3v) is 13.0. The minimum Gasteiger partial charge on any atom is -0.341 e. The molecule has 276 valence electrons. The van der Waals surface area contributed by atoms with E-state index in [0.717, 1.165) is 38.8 Å². The first-order valence-corrected chi connectivity index (χ1v) is 20.9. The Morgan fingerprint density at radius 3 is 1.47 bits per heavy atom. The van der Waals surface area contributed by atoms with E-state index >= 15 is 0 Å². The van der Waals surface area contributed by atoms with Gasteiger partial charge in [0, 0.05) is 35.8 Å². The van der Waals surface area contributed by atoms with E-state index in [1.165, 1.54) is 110 Å². The van der Waals surface area contributed by atoms with Crippen LogP contribution in [-0.2, 0) is 12.8 Å². The van der Waals surface area contributed by atoms with Crippen molar-refractivity contribution < 1.29 is 0 Å². The van der Waals surface area contributed by atoms with Gasteiger partial charge in [0.15, 0.2) is 0 Å². The van der Waals surface area contributed by atoms with Gasteiger partial charge in [-0.25, -0.2) is 0 Å². The van der Waals surface area contributed by atoms with Gasteiger partial charge in [0.2, 0.25) is 0 Å². The highest BCUT2D eigenvalue weighted by atomic mass is 15.1. The number of nitrogens with zero attached hydrogens (tertiary/aromatic N) is 2. The number of benzene rings is 10. The van der Waals surface area contributed by atoms with Crippen molar-refractivity contribution in [1.29, 1.82) is 0 Å². The lowest BCUT2D eigenvalue weighted by molar-refractivity contribution is 0.767. The van der Waals surface area contributed by atoms with Gasteiger partial charge in [-0.05, 0) is 155 Å². The van der Waals surface area contributed by atoms with Crippen molar-refractivity contribution >= 4 is 76.6 Å². The minimum absolute atomic E-state index is 1.00. The van der Waals surface area contributed by atoms with Crippen LogP contribution in [0.15, 0.2) is 182 Å². The highest BCUT2D eigenvalue weighted by Gasteiger charge is 2.25. The van der Waals surface area contributed by atoms with Crippen LogP contribution in [-0.4, -0.2) is 13.1 Å². The molecular weight excluding hydrogens is 701 g/mol. The summed E-state index contributed by atoms with van der Waals surface area (Å²) in [7, 11) is 0. The van der Waals surface area contributed by atoms with Crippen LogP contribution in [0.3, 0.4) is 0 Å². The Hall–Kier alpha value is -6.90. The first-order valence-electron chi connectivity index (χ1n) is 20.9. The summed E-state index contributed by atoms with van der Waals surface area (Å²) >= 11 is 0. The van der Waals surface area contributed by atoms with E-state index in [2.05, 4.69) is 192 Å². The van der Waals surface area contributed by atoms with Gasteiger partial charge in [0.1, 0.15) is 0 Å². The number of fused-ring (bicyclic) bond motifs is 8. The summed E-state index contributed by atoms with van der Waals surface area (Å²) in [6.07, 6.45) is 4.52. The van der Waals surface area contributed by atoms with Crippen molar-refractivity contribution in [2.45, 2.75) is 25.7 Å². The van der Waals surface area contributed by atoms with Gasteiger partial charge in [-0.2, -0.15) is 0 Å². The molecule has 0 aliphatic carbocycles. The number of rotatable bonds is 4. The lowest BCUT2D eigenvalue weighted by Gasteiger charge is -2.32. The molecule has 0 fully saturated rings. The molecule has 58 heavy (non-hydrogen) atoms. The summed E-state index contributed by atoms with van der Waals surface area (Å²) in [5.41, 5.74) is 13.2. The highest BCUT2D eigenvalue weighted by molar-refractivity contribution is 6.27. The predicted molar refractivity (Wildman–Crippen MR) is 248 cm³/mol. The lowest BCUT2D eigenvalue weighted by Crippen LogP contribution is -2.24. The van der Waals surface area contributed by atoms with Crippen LogP contribution in [0.2, 0.25) is 0 Å². The molecule has 0 saturated heterocycles. The summed E-state index contributed by atoms with van der Waals surface area (Å²) in [6.45, 7) is 2.00. The summed E-state index contributed by atoms with van der Waals surface area (Å²) in [4.78, 5) is 5.11. The average molecular weight is 743 g/mol. The molecule has 0 N–H and O–H groups in total. The molecule has 0 saturated carbocycles. The molecular formula is C56H42N2. The first-order chi connectivity index (χ1) is 28.8. The molecule has 0 unspecified atom stereocenters. The molecule has 0 atom stereocenters. The highest BCUT2D eigenvalue weighted by Crippen LogP contribution is 2.50. The van der Waals surface area contributed by atoms with Crippen LogP contribution < -0.4 is 9.80 Å². The van der Waals surface area contributed by atoms with Gasteiger partial charge in [0.25, 0.3) is 0 Å². The number of aryl methyl sites for hydroxylation is 2. The number of hydrogen-bond acceptors (Lipinski definition) is 2. The van der Waals surface area contributed by atoms with Gasteiger partial charge < -0.3 is 9.80 Å². The van der Waals surface area contributed by atoms with E-state index in [4.69, 9.17) is 0 Å². The van der Waals surface area contributed by atoms with E-state index in [1.807, 2.05) is 0 Å². The van der Waals surface area contributed by atoms with Crippen LogP contribution in [0.4, 0.5) is 22.7 Å². The fourth-order valence-electron chi connectivity index (χ4n) is 10.4. The molecule has 2 aliphatic heterocycles. The zero-order chi connectivity index (χ0) is 38.2. The number of anilines is 4. The first kappa shape index (κ1) is 33.3. The third-order valence-electron chi connectivity index (χ3n) is 13.0. The second kappa shape index (κ2) is 13.4. The van der Waals surface area contributed by atoms with Crippen LogP contribution in [0.25, 0.3) is 76.1 Å². The molecule has 2 aliphatic rings. The Morgan fingerprint density at radius 2 is 0.810 bits per heavy atom. The standard InChI is InChI=1S/C56H42N2/c1-5-21-43-37(14-1)18-11-25-47(43)55-48-30-28-42(58-33-13-20-39-16-4-10-27-54(39)58)36-52(48)56(50-34-40-17-2-6-22-44(40)45-23-7-8-24-46(45)50)49-31-29-41(35-51(49)55)57-32-12-19-38-15-3-9-26-53(38)57/h1-11,14-18,21-31,34-36H,12-13,19-20,32-33H2. The molecule has 12 rings (SSSR count). The van der Waals surface area contributed by atoms with Gasteiger partial charge in [-0.3, -0.25) is 0 Å². The molecule has 10 aromatic carbocycles. The van der Waals surface area contributed by atoms with Gasteiger partial charge >= 0.3 is 0 Å². The Morgan fingerprint density at radius 1 is 0.310 bits per heavy atom. The molecule has 0 bridgehead atoms. The Kier molecular flexibility index (Phi) is 7.66. The fraction of sp³-hybridized carbons (Fsp3) is 0.107. The monoisotopic (exact) mass is 742 g/mol. The minimum atomic E-state index is 1.00. The molecule has 10 aromatic rings. The van der Waals surface area contributed by atoms with E-state index < -0.39 is 0 Å². The van der Waals surface area contributed by atoms with Gasteiger partial charge in [-0.1, -0.05) is 140 Å². The smallest absolute Gasteiger partial charge is 0.0443 e. The largest absolute Gasteiger partial charge is 0.341 e. The normalized spacial score (nSPS) is 14.1. The molecule has 2 heterocycles. The maximum absolute atomic E-state index is 2.55. The predicted octanol–water partition coefficient (Wildman–Crippen LogP) is 15.0. The second-order valence-electron chi connectivity index (χ2n) is 16.2. The van der Waals surface area contributed by atoms with Crippen molar-refractivity contribution in [2.75, 3.05) is 22.9 Å². The maximum atomic E-state index is 2.55. The summed E-state index contributed by atoms with van der Waals surface area (Å²) in [6, 6.07) is 68.8. The molecule has 2 nitrogen and oxygen atoms in total. The SMILES string of the molecule is c1ccc2c(c1)CCCN2c1ccc2c(-c3cc4ccccc4c4ccccc34)c3cc(N4CCCc5ccccc54)ccc3c(-c3cccc4ccccc34)c2c1. The Labute approximate surface area is 339 Å². The number of hydrogen-bond donors (Lipinski definition) is 0. The van der Waals surface area contributed by atoms with E-state index in [9.17, 15) is 0 Å². The van der Waals surface area contributed by atoms with Gasteiger partial charge in [0.05, 0.1) is 0 Å².